The standard InChI is InChI=1S/C27H26N2O3S2/c1-17-7-3-10-21(18(17)2)27(31)32-16-24(30)29-26(23-12-6-14-34-23)22-11-4-8-19(25(22)28-29)15-20-9-5-13-33-20/h3,5-7,9-10,12-15,22,26H,4,8,11,16H2,1-2H3. The van der Waals surface area contributed by atoms with E-state index in [-0.39, 0.29) is 24.5 Å². The lowest BCUT2D eigenvalue weighted by molar-refractivity contribution is -0.136. The summed E-state index contributed by atoms with van der Waals surface area (Å²) in [4.78, 5) is 28.3. The molecule has 1 aliphatic carbocycles. The molecule has 0 radical (unpaired) electrons. The first kappa shape index (κ1) is 22.7. The highest BCUT2D eigenvalue weighted by atomic mass is 32.1. The molecule has 0 N–H and O–H groups in total. The first-order valence-electron chi connectivity index (χ1n) is 11.4. The number of rotatable bonds is 5. The van der Waals surface area contributed by atoms with Gasteiger partial charge in [-0.15, -0.1) is 22.7 Å². The Labute approximate surface area is 207 Å². The predicted octanol–water partition coefficient (Wildman–Crippen LogP) is 6.41. The topological polar surface area (TPSA) is 59.0 Å². The smallest absolute Gasteiger partial charge is 0.338 e. The molecule has 1 amide bonds. The number of nitrogens with zero attached hydrogens (tertiary/aromatic N) is 2. The maximum Gasteiger partial charge on any atom is 0.338 e. The molecule has 3 heterocycles. The summed E-state index contributed by atoms with van der Waals surface area (Å²) >= 11 is 3.34. The summed E-state index contributed by atoms with van der Waals surface area (Å²) in [5.74, 6) is -0.628. The Bertz CT molecular complexity index is 1260. The van der Waals surface area contributed by atoms with E-state index >= 15 is 0 Å². The van der Waals surface area contributed by atoms with Crippen LogP contribution in [-0.4, -0.2) is 29.2 Å². The third-order valence-corrected chi connectivity index (χ3v) is 8.36. The average Bonchev–Trinajstić information content (AvgIpc) is 3.60. The van der Waals surface area contributed by atoms with E-state index < -0.39 is 5.97 Å². The molecular weight excluding hydrogens is 464 g/mol. The lowest BCUT2D eigenvalue weighted by atomic mass is 9.79. The van der Waals surface area contributed by atoms with Crippen LogP contribution in [0.4, 0.5) is 0 Å². The Balaban J connectivity index is 1.40. The summed E-state index contributed by atoms with van der Waals surface area (Å²) in [5.41, 5.74) is 4.56. The fourth-order valence-corrected chi connectivity index (χ4v) is 6.29. The van der Waals surface area contributed by atoms with Crippen molar-refractivity contribution in [2.24, 2.45) is 11.0 Å². The van der Waals surface area contributed by atoms with Crippen LogP contribution < -0.4 is 0 Å². The zero-order valence-electron chi connectivity index (χ0n) is 19.2. The highest BCUT2D eigenvalue weighted by Crippen LogP contribution is 2.45. The minimum absolute atomic E-state index is 0.150. The molecule has 1 aromatic carbocycles. The van der Waals surface area contributed by atoms with E-state index in [9.17, 15) is 9.59 Å². The molecule has 2 unspecified atom stereocenters. The number of esters is 1. The predicted molar refractivity (Wildman–Crippen MR) is 137 cm³/mol. The average molecular weight is 491 g/mol. The molecule has 5 rings (SSSR count). The van der Waals surface area contributed by atoms with Gasteiger partial charge in [0.05, 0.1) is 17.3 Å². The van der Waals surface area contributed by atoms with E-state index in [1.807, 2.05) is 43.5 Å². The summed E-state index contributed by atoms with van der Waals surface area (Å²) in [6.45, 7) is 3.51. The van der Waals surface area contributed by atoms with Gasteiger partial charge in [-0.05, 0) is 84.8 Å². The third-order valence-electron chi connectivity index (χ3n) is 6.60. The second-order valence-electron chi connectivity index (χ2n) is 8.69. The lowest BCUT2D eigenvalue weighted by Gasteiger charge is -2.28. The van der Waals surface area contributed by atoms with Crippen molar-refractivity contribution in [2.45, 2.75) is 39.2 Å². The molecule has 1 saturated carbocycles. The van der Waals surface area contributed by atoms with Crippen molar-refractivity contribution in [3.05, 3.63) is 85.2 Å². The van der Waals surface area contributed by atoms with Crippen LogP contribution in [0.25, 0.3) is 6.08 Å². The van der Waals surface area contributed by atoms with Gasteiger partial charge in [-0.25, -0.2) is 9.80 Å². The number of amides is 1. The van der Waals surface area contributed by atoms with Crippen molar-refractivity contribution < 1.29 is 14.3 Å². The Kier molecular flexibility index (Phi) is 6.48. The molecule has 2 atom stereocenters. The number of fused-ring (bicyclic) bond motifs is 1. The van der Waals surface area contributed by atoms with E-state index in [0.29, 0.717) is 5.56 Å². The van der Waals surface area contributed by atoms with Crippen LogP contribution in [0.1, 0.15) is 56.5 Å². The van der Waals surface area contributed by atoms with Gasteiger partial charge in [0.1, 0.15) is 0 Å². The zero-order chi connectivity index (χ0) is 23.7. The van der Waals surface area contributed by atoms with Gasteiger partial charge in [0.25, 0.3) is 5.91 Å². The van der Waals surface area contributed by atoms with E-state index in [1.165, 1.54) is 10.5 Å². The van der Waals surface area contributed by atoms with Crippen molar-refractivity contribution in [3.63, 3.8) is 0 Å². The summed E-state index contributed by atoms with van der Waals surface area (Å²) < 4.78 is 5.46. The van der Waals surface area contributed by atoms with Gasteiger partial charge in [-0.2, -0.15) is 5.10 Å². The summed E-state index contributed by atoms with van der Waals surface area (Å²) in [6.07, 6.45) is 5.20. The molecule has 0 bridgehead atoms. The lowest BCUT2D eigenvalue weighted by Crippen LogP contribution is -2.34. The number of carbonyl (C=O) groups excluding carboxylic acids is 2. The zero-order valence-corrected chi connectivity index (χ0v) is 20.8. The molecule has 7 heteroatoms. The monoisotopic (exact) mass is 490 g/mol. The Morgan fingerprint density at radius 1 is 1.12 bits per heavy atom. The number of benzene rings is 1. The Morgan fingerprint density at radius 3 is 2.71 bits per heavy atom. The minimum atomic E-state index is -0.482. The number of hydrogen-bond acceptors (Lipinski definition) is 6. The number of hydrogen-bond donors (Lipinski definition) is 0. The van der Waals surface area contributed by atoms with E-state index in [0.717, 1.165) is 41.0 Å². The third kappa shape index (κ3) is 4.38. The van der Waals surface area contributed by atoms with Crippen molar-refractivity contribution in [3.8, 4) is 0 Å². The molecule has 34 heavy (non-hydrogen) atoms. The van der Waals surface area contributed by atoms with E-state index in [1.54, 1.807) is 33.7 Å². The number of ether oxygens (including phenoxy) is 1. The molecule has 2 aromatic heterocycles. The summed E-state index contributed by atoms with van der Waals surface area (Å²) in [7, 11) is 0. The second kappa shape index (κ2) is 9.68. The van der Waals surface area contributed by atoms with Crippen molar-refractivity contribution in [2.75, 3.05) is 6.61 Å². The van der Waals surface area contributed by atoms with Crippen molar-refractivity contribution >= 4 is 46.3 Å². The maximum atomic E-state index is 13.3. The first-order chi connectivity index (χ1) is 16.5. The van der Waals surface area contributed by atoms with Gasteiger partial charge in [0.2, 0.25) is 0 Å². The summed E-state index contributed by atoms with van der Waals surface area (Å²) in [6, 6.07) is 13.6. The maximum absolute atomic E-state index is 13.3. The molecular formula is C27H26N2O3S2. The largest absolute Gasteiger partial charge is 0.452 e. The van der Waals surface area contributed by atoms with Crippen LogP contribution in [0.3, 0.4) is 0 Å². The van der Waals surface area contributed by atoms with Crippen LogP contribution in [0.15, 0.2) is 63.9 Å². The van der Waals surface area contributed by atoms with E-state index in [4.69, 9.17) is 9.84 Å². The fourth-order valence-electron chi connectivity index (χ4n) is 4.73. The number of allylic oxidation sites excluding steroid dienone is 1. The molecule has 3 aromatic rings. The van der Waals surface area contributed by atoms with Gasteiger partial charge in [-0.3, -0.25) is 4.79 Å². The molecule has 1 aliphatic heterocycles. The molecule has 0 spiro atoms. The van der Waals surface area contributed by atoms with Crippen LogP contribution in [0.2, 0.25) is 0 Å². The minimum Gasteiger partial charge on any atom is -0.452 e. The van der Waals surface area contributed by atoms with Gasteiger partial charge < -0.3 is 4.74 Å². The Hall–Kier alpha value is -3.03. The van der Waals surface area contributed by atoms with Crippen LogP contribution >= 0.6 is 22.7 Å². The van der Waals surface area contributed by atoms with Gasteiger partial charge in [0.15, 0.2) is 6.61 Å². The van der Waals surface area contributed by atoms with Crippen LogP contribution in [0, 0.1) is 19.8 Å². The fraction of sp³-hybridized carbons (Fsp3) is 0.296. The Morgan fingerprint density at radius 2 is 1.94 bits per heavy atom. The number of hydrazone groups is 1. The SMILES string of the molecule is Cc1cccc(C(=O)OCC(=O)N2N=C3C(=Cc4cccs4)CCCC3C2c2cccs2)c1C. The van der Waals surface area contributed by atoms with Crippen LogP contribution in [0.5, 0.6) is 0 Å². The highest BCUT2D eigenvalue weighted by Gasteiger charge is 2.44. The molecule has 1 fully saturated rings. The van der Waals surface area contributed by atoms with Crippen molar-refractivity contribution in [1.29, 1.82) is 0 Å². The number of carbonyl (C=O) groups is 2. The summed E-state index contributed by atoms with van der Waals surface area (Å²) in [5, 5.41) is 10.5. The molecule has 2 aliphatic rings. The first-order valence-corrected chi connectivity index (χ1v) is 13.2. The second-order valence-corrected chi connectivity index (χ2v) is 10.6. The molecule has 174 valence electrons. The van der Waals surface area contributed by atoms with Gasteiger partial charge in [0, 0.05) is 15.7 Å². The number of aryl methyl sites for hydroxylation is 1. The number of thiophene rings is 2. The quantitative estimate of drug-likeness (QED) is 0.389. The van der Waals surface area contributed by atoms with Crippen LogP contribution in [-0.2, 0) is 9.53 Å². The molecule has 0 saturated heterocycles. The van der Waals surface area contributed by atoms with Gasteiger partial charge >= 0.3 is 5.97 Å². The van der Waals surface area contributed by atoms with Gasteiger partial charge in [-0.1, -0.05) is 24.3 Å². The van der Waals surface area contributed by atoms with Crippen molar-refractivity contribution in [1.82, 2.24) is 5.01 Å². The molecule has 5 nitrogen and oxygen atoms in total. The highest BCUT2D eigenvalue weighted by molar-refractivity contribution is 7.11. The normalized spacial score (nSPS) is 20.8. The van der Waals surface area contributed by atoms with E-state index in [2.05, 4.69) is 23.6 Å².